The summed E-state index contributed by atoms with van der Waals surface area (Å²) in [5, 5.41) is 0. The molecule has 0 atom stereocenters. The van der Waals surface area contributed by atoms with E-state index in [0.717, 1.165) is 11.1 Å². The van der Waals surface area contributed by atoms with Crippen LogP contribution in [0.5, 0.6) is 0 Å². The molecule has 1 heterocycles. The molecule has 3 rings (SSSR count). The number of oxazole rings is 1. The molecule has 3 aromatic rings. The van der Waals surface area contributed by atoms with Crippen molar-refractivity contribution < 1.29 is 4.42 Å². The highest BCUT2D eigenvalue weighted by molar-refractivity contribution is 5.80. The number of rotatable bonds is 1. The van der Waals surface area contributed by atoms with Crippen LogP contribution in [0.2, 0.25) is 0 Å². The van der Waals surface area contributed by atoms with E-state index in [1.165, 1.54) is 23.1 Å². The average Bonchev–Trinajstić information content (AvgIpc) is 2.75. The molecule has 2 aromatic carbocycles. The van der Waals surface area contributed by atoms with Gasteiger partial charge in [0, 0.05) is 0 Å². The molecule has 0 bridgehead atoms. The molecule has 0 N–H and O–H groups in total. The van der Waals surface area contributed by atoms with Crippen LogP contribution in [0.3, 0.4) is 0 Å². The van der Waals surface area contributed by atoms with Gasteiger partial charge in [-0.25, -0.2) is 4.98 Å². The van der Waals surface area contributed by atoms with Crippen LogP contribution in [0.25, 0.3) is 22.2 Å². The SMILES string of the molecule is Cc1cccc(-c2ccc3ocnc3c2)c1. The van der Waals surface area contributed by atoms with Crippen molar-refractivity contribution in [3.63, 3.8) is 0 Å². The lowest BCUT2D eigenvalue weighted by atomic mass is 10.0. The molecule has 78 valence electrons. The maximum atomic E-state index is 5.22. The van der Waals surface area contributed by atoms with Gasteiger partial charge in [0.15, 0.2) is 12.0 Å². The first-order valence-electron chi connectivity index (χ1n) is 5.23. The molecule has 2 nitrogen and oxygen atoms in total. The van der Waals surface area contributed by atoms with Gasteiger partial charge in [-0.3, -0.25) is 0 Å². The molecular weight excluding hydrogens is 198 g/mol. The Morgan fingerprint density at radius 3 is 2.75 bits per heavy atom. The molecule has 0 amide bonds. The van der Waals surface area contributed by atoms with Crippen LogP contribution in [0.1, 0.15) is 5.56 Å². The predicted octanol–water partition coefficient (Wildman–Crippen LogP) is 3.80. The summed E-state index contributed by atoms with van der Waals surface area (Å²) in [6.45, 7) is 2.10. The van der Waals surface area contributed by atoms with E-state index in [2.05, 4.69) is 42.2 Å². The fourth-order valence-electron chi connectivity index (χ4n) is 1.86. The summed E-state index contributed by atoms with van der Waals surface area (Å²) in [6.07, 6.45) is 1.48. The molecule has 0 aliphatic carbocycles. The first kappa shape index (κ1) is 9.16. The van der Waals surface area contributed by atoms with Crippen molar-refractivity contribution in [3.8, 4) is 11.1 Å². The van der Waals surface area contributed by atoms with Gasteiger partial charge in [0.05, 0.1) is 0 Å². The van der Waals surface area contributed by atoms with Crippen LogP contribution in [0, 0.1) is 6.92 Å². The third-order valence-corrected chi connectivity index (χ3v) is 2.68. The molecular formula is C14H11NO. The van der Waals surface area contributed by atoms with Gasteiger partial charge in [-0.05, 0) is 30.2 Å². The van der Waals surface area contributed by atoms with Crippen molar-refractivity contribution in [2.75, 3.05) is 0 Å². The molecule has 0 aliphatic heterocycles. The Morgan fingerprint density at radius 1 is 1.00 bits per heavy atom. The number of hydrogen-bond acceptors (Lipinski definition) is 2. The molecule has 0 unspecified atom stereocenters. The Hall–Kier alpha value is -2.09. The topological polar surface area (TPSA) is 26.0 Å². The first-order valence-corrected chi connectivity index (χ1v) is 5.23. The second-order valence-corrected chi connectivity index (χ2v) is 3.90. The van der Waals surface area contributed by atoms with Crippen LogP contribution in [0.15, 0.2) is 53.3 Å². The monoisotopic (exact) mass is 209 g/mol. The van der Waals surface area contributed by atoms with Crippen molar-refractivity contribution in [2.24, 2.45) is 0 Å². The van der Waals surface area contributed by atoms with Crippen molar-refractivity contribution in [3.05, 3.63) is 54.4 Å². The molecule has 0 fully saturated rings. The van der Waals surface area contributed by atoms with E-state index in [1.807, 2.05) is 12.1 Å². The molecule has 0 saturated heterocycles. The third-order valence-electron chi connectivity index (χ3n) is 2.68. The normalized spacial score (nSPS) is 10.8. The van der Waals surface area contributed by atoms with E-state index >= 15 is 0 Å². The van der Waals surface area contributed by atoms with Crippen molar-refractivity contribution >= 4 is 11.1 Å². The minimum Gasteiger partial charge on any atom is -0.443 e. The average molecular weight is 209 g/mol. The second-order valence-electron chi connectivity index (χ2n) is 3.90. The highest BCUT2D eigenvalue weighted by Crippen LogP contribution is 2.24. The highest BCUT2D eigenvalue weighted by atomic mass is 16.3. The van der Waals surface area contributed by atoms with Gasteiger partial charge in [0.1, 0.15) is 5.52 Å². The fourth-order valence-corrected chi connectivity index (χ4v) is 1.86. The fraction of sp³-hybridized carbons (Fsp3) is 0.0714. The van der Waals surface area contributed by atoms with Crippen LogP contribution in [0.4, 0.5) is 0 Å². The molecule has 1 aromatic heterocycles. The van der Waals surface area contributed by atoms with Crippen LogP contribution in [-0.4, -0.2) is 4.98 Å². The standard InChI is InChI=1S/C14H11NO/c1-10-3-2-4-11(7-10)12-5-6-14-13(8-12)15-9-16-14/h2-9H,1H3. The summed E-state index contributed by atoms with van der Waals surface area (Å²) in [6, 6.07) is 14.5. The Morgan fingerprint density at radius 2 is 1.88 bits per heavy atom. The van der Waals surface area contributed by atoms with Crippen LogP contribution >= 0.6 is 0 Å². The number of aryl methyl sites for hydroxylation is 1. The van der Waals surface area contributed by atoms with E-state index in [9.17, 15) is 0 Å². The summed E-state index contributed by atoms with van der Waals surface area (Å²) >= 11 is 0. The van der Waals surface area contributed by atoms with Gasteiger partial charge in [-0.1, -0.05) is 35.9 Å². The lowest BCUT2D eigenvalue weighted by Crippen LogP contribution is -1.79. The quantitative estimate of drug-likeness (QED) is 0.609. The van der Waals surface area contributed by atoms with Gasteiger partial charge >= 0.3 is 0 Å². The van der Waals surface area contributed by atoms with Gasteiger partial charge in [-0.2, -0.15) is 0 Å². The van der Waals surface area contributed by atoms with E-state index in [-0.39, 0.29) is 0 Å². The Labute approximate surface area is 93.5 Å². The smallest absolute Gasteiger partial charge is 0.181 e. The number of aromatic nitrogens is 1. The van der Waals surface area contributed by atoms with Crippen LogP contribution < -0.4 is 0 Å². The molecule has 0 saturated carbocycles. The molecule has 16 heavy (non-hydrogen) atoms. The van der Waals surface area contributed by atoms with E-state index in [4.69, 9.17) is 4.42 Å². The summed E-state index contributed by atoms with van der Waals surface area (Å²) in [5.74, 6) is 0. The predicted molar refractivity (Wildman–Crippen MR) is 64.2 cm³/mol. The highest BCUT2D eigenvalue weighted by Gasteiger charge is 2.02. The van der Waals surface area contributed by atoms with Gasteiger partial charge in [0.2, 0.25) is 0 Å². The lowest BCUT2D eigenvalue weighted by molar-refractivity contribution is 0.602. The minimum absolute atomic E-state index is 0.830. The van der Waals surface area contributed by atoms with Gasteiger partial charge in [-0.15, -0.1) is 0 Å². The largest absolute Gasteiger partial charge is 0.443 e. The second kappa shape index (κ2) is 3.49. The molecule has 0 radical (unpaired) electrons. The van der Waals surface area contributed by atoms with E-state index in [1.54, 1.807) is 0 Å². The Balaban J connectivity index is 2.18. The zero-order valence-corrected chi connectivity index (χ0v) is 8.97. The molecule has 0 aliphatic rings. The zero-order valence-electron chi connectivity index (χ0n) is 8.97. The number of hydrogen-bond donors (Lipinski definition) is 0. The van der Waals surface area contributed by atoms with Crippen LogP contribution in [-0.2, 0) is 0 Å². The number of benzene rings is 2. The Kier molecular flexibility index (Phi) is 2.00. The Bertz CT molecular complexity index is 640. The maximum Gasteiger partial charge on any atom is 0.181 e. The molecule has 0 spiro atoms. The summed E-state index contributed by atoms with van der Waals surface area (Å²) in [5.41, 5.74) is 5.38. The third kappa shape index (κ3) is 1.48. The lowest BCUT2D eigenvalue weighted by Gasteiger charge is -2.02. The summed E-state index contributed by atoms with van der Waals surface area (Å²) in [7, 11) is 0. The van der Waals surface area contributed by atoms with Gasteiger partial charge in [0.25, 0.3) is 0 Å². The van der Waals surface area contributed by atoms with Crippen molar-refractivity contribution in [2.45, 2.75) is 6.92 Å². The number of nitrogens with zero attached hydrogens (tertiary/aromatic N) is 1. The molecule has 2 heteroatoms. The summed E-state index contributed by atoms with van der Waals surface area (Å²) < 4.78 is 5.22. The van der Waals surface area contributed by atoms with E-state index in [0.29, 0.717) is 0 Å². The van der Waals surface area contributed by atoms with E-state index < -0.39 is 0 Å². The van der Waals surface area contributed by atoms with Crippen molar-refractivity contribution in [1.82, 2.24) is 4.98 Å². The van der Waals surface area contributed by atoms with Crippen molar-refractivity contribution in [1.29, 1.82) is 0 Å². The number of fused-ring (bicyclic) bond motifs is 1. The minimum atomic E-state index is 0.830. The maximum absolute atomic E-state index is 5.22. The first-order chi connectivity index (χ1) is 7.83. The van der Waals surface area contributed by atoms with Gasteiger partial charge < -0.3 is 4.42 Å². The summed E-state index contributed by atoms with van der Waals surface area (Å²) in [4.78, 5) is 4.16. The zero-order chi connectivity index (χ0) is 11.0.